The van der Waals surface area contributed by atoms with E-state index in [4.69, 9.17) is 9.15 Å². The number of rotatable bonds is 2. The molecule has 1 heterocycles. The van der Waals surface area contributed by atoms with Gasteiger partial charge in [-0.25, -0.2) is 0 Å². The summed E-state index contributed by atoms with van der Waals surface area (Å²) >= 11 is 0. The van der Waals surface area contributed by atoms with E-state index in [0.717, 1.165) is 12.8 Å². The van der Waals surface area contributed by atoms with E-state index in [1.165, 1.54) is 19.3 Å². The molecule has 4 nitrogen and oxygen atoms in total. The molecule has 0 N–H and O–H groups in total. The van der Waals surface area contributed by atoms with Gasteiger partial charge in [0.15, 0.2) is 0 Å². The molecule has 0 atom stereocenters. The first kappa shape index (κ1) is 12.2. The number of methoxy groups -OCH3 is 1. The van der Waals surface area contributed by atoms with E-state index in [1.807, 2.05) is 0 Å². The molecule has 1 aliphatic rings. The number of benzene rings is 1. The Morgan fingerprint density at radius 2 is 2.05 bits per heavy atom. The third-order valence-electron chi connectivity index (χ3n) is 3.80. The van der Waals surface area contributed by atoms with Crippen LogP contribution in [0.25, 0.3) is 11.0 Å². The molecule has 0 bridgehead atoms. The monoisotopic (exact) mass is 259 g/mol. The van der Waals surface area contributed by atoms with Gasteiger partial charge in [-0.05, 0) is 25.0 Å². The second-order valence-electron chi connectivity index (χ2n) is 5.05. The zero-order valence-electron chi connectivity index (χ0n) is 11.0. The molecule has 1 aromatic heterocycles. The van der Waals surface area contributed by atoms with Crippen LogP contribution in [-0.2, 0) is 0 Å². The summed E-state index contributed by atoms with van der Waals surface area (Å²) in [6.45, 7) is 0. The maximum atomic E-state index is 12.0. The molecular formula is C15H17NO3. The molecule has 4 heteroatoms. The number of aromatic nitrogens is 1. The van der Waals surface area contributed by atoms with Crippen LogP contribution in [0.4, 0.5) is 0 Å². The number of hydrogen-bond donors (Lipinski definition) is 0. The quantitative estimate of drug-likeness (QED) is 0.830. The topological polar surface area (TPSA) is 52.3 Å². The molecule has 1 aliphatic carbocycles. The Kier molecular flexibility index (Phi) is 3.23. The Hall–Kier alpha value is -1.84. The minimum atomic E-state index is -0.204. The Balaban J connectivity index is 2.08. The molecule has 0 aliphatic heterocycles. The number of fused-ring (bicyclic) bond motifs is 1. The molecule has 100 valence electrons. The lowest BCUT2D eigenvalue weighted by Gasteiger charge is -2.19. The molecule has 0 amide bonds. The lowest BCUT2D eigenvalue weighted by molar-refractivity contribution is 0.362. The SMILES string of the molecule is COc1ccc2c(=O)nc(C3CCCCC3)oc2c1. The molecule has 3 rings (SSSR count). The minimum Gasteiger partial charge on any atom is -0.497 e. The fraction of sp³-hybridized carbons (Fsp3) is 0.467. The van der Waals surface area contributed by atoms with Gasteiger partial charge in [0, 0.05) is 12.0 Å². The van der Waals surface area contributed by atoms with Gasteiger partial charge in [-0.3, -0.25) is 4.79 Å². The molecule has 19 heavy (non-hydrogen) atoms. The summed E-state index contributed by atoms with van der Waals surface area (Å²) in [7, 11) is 1.60. The van der Waals surface area contributed by atoms with Gasteiger partial charge in [-0.2, -0.15) is 4.98 Å². The second kappa shape index (κ2) is 5.03. The van der Waals surface area contributed by atoms with Crippen LogP contribution in [0.15, 0.2) is 27.4 Å². The Morgan fingerprint density at radius 3 is 2.79 bits per heavy atom. The Labute approximate surface area is 111 Å². The van der Waals surface area contributed by atoms with Crippen LogP contribution in [0.5, 0.6) is 5.75 Å². The standard InChI is InChI=1S/C15H17NO3/c1-18-11-7-8-12-13(9-11)19-15(16-14(12)17)10-5-3-2-4-6-10/h7-10H,2-6H2,1H3. The lowest BCUT2D eigenvalue weighted by Crippen LogP contribution is -2.14. The number of nitrogens with zero attached hydrogens (tertiary/aromatic N) is 1. The van der Waals surface area contributed by atoms with E-state index in [1.54, 1.807) is 25.3 Å². The first-order valence-electron chi connectivity index (χ1n) is 6.77. The van der Waals surface area contributed by atoms with Crippen LogP contribution in [-0.4, -0.2) is 12.1 Å². The van der Waals surface area contributed by atoms with Gasteiger partial charge in [-0.15, -0.1) is 0 Å². The summed E-state index contributed by atoms with van der Waals surface area (Å²) in [5, 5.41) is 0.514. The van der Waals surface area contributed by atoms with Gasteiger partial charge >= 0.3 is 0 Å². The van der Waals surface area contributed by atoms with E-state index < -0.39 is 0 Å². The lowest BCUT2D eigenvalue weighted by atomic mass is 9.89. The third-order valence-corrected chi connectivity index (χ3v) is 3.80. The van der Waals surface area contributed by atoms with Crippen molar-refractivity contribution in [2.24, 2.45) is 0 Å². The molecule has 1 fully saturated rings. The second-order valence-corrected chi connectivity index (χ2v) is 5.05. The van der Waals surface area contributed by atoms with Crippen LogP contribution in [0.3, 0.4) is 0 Å². The van der Waals surface area contributed by atoms with Crippen molar-refractivity contribution in [3.8, 4) is 5.75 Å². The van der Waals surface area contributed by atoms with Crippen LogP contribution < -0.4 is 10.3 Å². The van der Waals surface area contributed by atoms with Crippen molar-refractivity contribution >= 4 is 11.0 Å². The molecular weight excluding hydrogens is 242 g/mol. The van der Waals surface area contributed by atoms with Gasteiger partial charge in [0.2, 0.25) is 5.89 Å². The first-order chi connectivity index (χ1) is 9.28. The van der Waals surface area contributed by atoms with Crippen molar-refractivity contribution in [3.05, 3.63) is 34.4 Å². The highest BCUT2D eigenvalue weighted by atomic mass is 16.5. The third kappa shape index (κ3) is 2.35. The zero-order valence-corrected chi connectivity index (χ0v) is 11.0. The molecule has 2 aromatic rings. The Morgan fingerprint density at radius 1 is 1.26 bits per heavy atom. The first-order valence-corrected chi connectivity index (χ1v) is 6.77. The van der Waals surface area contributed by atoms with Crippen molar-refractivity contribution in [1.29, 1.82) is 0 Å². The predicted octanol–water partition coefficient (Wildman–Crippen LogP) is 3.24. The van der Waals surface area contributed by atoms with E-state index >= 15 is 0 Å². The molecule has 0 saturated heterocycles. The van der Waals surface area contributed by atoms with E-state index in [9.17, 15) is 4.79 Å². The maximum Gasteiger partial charge on any atom is 0.283 e. The minimum absolute atomic E-state index is 0.204. The Bertz CT molecular complexity index is 641. The average molecular weight is 259 g/mol. The highest BCUT2D eigenvalue weighted by molar-refractivity contribution is 5.77. The molecule has 1 saturated carbocycles. The predicted molar refractivity (Wildman–Crippen MR) is 72.7 cm³/mol. The van der Waals surface area contributed by atoms with Crippen molar-refractivity contribution in [3.63, 3.8) is 0 Å². The fourth-order valence-corrected chi connectivity index (χ4v) is 2.71. The highest BCUT2D eigenvalue weighted by Gasteiger charge is 2.20. The summed E-state index contributed by atoms with van der Waals surface area (Å²) in [5.41, 5.74) is 0.365. The summed E-state index contributed by atoms with van der Waals surface area (Å²) in [4.78, 5) is 16.1. The summed E-state index contributed by atoms with van der Waals surface area (Å²) in [6.07, 6.45) is 5.76. The normalized spacial score (nSPS) is 16.7. The van der Waals surface area contributed by atoms with Crippen LogP contribution in [0.1, 0.15) is 43.9 Å². The van der Waals surface area contributed by atoms with Crippen LogP contribution in [0.2, 0.25) is 0 Å². The van der Waals surface area contributed by atoms with Crippen molar-refractivity contribution in [2.45, 2.75) is 38.0 Å². The molecule has 0 spiro atoms. The largest absolute Gasteiger partial charge is 0.497 e. The number of hydrogen-bond acceptors (Lipinski definition) is 4. The van der Waals surface area contributed by atoms with Gasteiger partial charge in [0.05, 0.1) is 12.5 Å². The van der Waals surface area contributed by atoms with Crippen molar-refractivity contribution < 1.29 is 9.15 Å². The summed E-state index contributed by atoms with van der Waals surface area (Å²) in [6, 6.07) is 5.21. The smallest absolute Gasteiger partial charge is 0.283 e. The summed E-state index contributed by atoms with van der Waals surface area (Å²) in [5.74, 6) is 1.57. The van der Waals surface area contributed by atoms with E-state index in [2.05, 4.69) is 4.98 Å². The van der Waals surface area contributed by atoms with Gasteiger partial charge < -0.3 is 9.15 Å². The van der Waals surface area contributed by atoms with Gasteiger partial charge in [-0.1, -0.05) is 19.3 Å². The zero-order chi connectivity index (χ0) is 13.2. The maximum absolute atomic E-state index is 12.0. The van der Waals surface area contributed by atoms with Crippen LogP contribution in [0, 0.1) is 0 Å². The average Bonchev–Trinajstić information content (AvgIpc) is 2.47. The fourth-order valence-electron chi connectivity index (χ4n) is 2.71. The molecule has 1 aromatic carbocycles. The summed E-state index contributed by atoms with van der Waals surface area (Å²) < 4.78 is 11.0. The molecule has 0 unspecified atom stereocenters. The van der Waals surface area contributed by atoms with E-state index in [0.29, 0.717) is 22.6 Å². The van der Waals surface area contributed by atoms with Gasteiger partial charge in [0.1, 0.15) is 11.3 Å². The van der Waals surface area contributed by atoms with E-state index in [-0.39, 0.29) is 11.5 Å². The molecule has 0 radical (unpaired) electrons. The van der Waals surface area contributed by atoms with Crippen molar-refractivity contribution in [2.75, 3.05) is 7.11 Å². The van der Waals surface area contributed by atoms with Crippen LogP contribution >= 0.6 is 0 Å². The van der Waals surface area contributed by atoms with Crippen molar-refractivity contribution in [1.82, 2.24) is 4.98 Å². The number of ether oxygens (including phenoxy) is 1. The van der Waals surface area contributed by atoms with Gasteiger partial charge in [0.25, 0.3) is 5.56 Å². The highest BCUT2D eigenvalue weighted by Crippen LogP contribution is 2.32.